The molecule has 5 nitrogen and oxygen atoms in total. The van der Waals surface area contributed by atoms with Crippen LogP contribution in [0.4, 0.5) is 23.7 Å². The van der Waals surface area contributed by atoms with E-state index in [0.717, 1.165) is 10.5 Å². The van der Waals surface area contributed by atoms with Gasteiger partial charge in [0.05, 0.1) is 12.0 Å². The number of halogens is 4. The summed E-state index contributed by atoms with van der Waals surface area (Å²) in [6, 6.07) is 11.5. The smallest absolute Gasteiger partial charge is 0.416 e. The maximum absolute atomic E-state index is 13.3. The standard InChI is InChI=1S/C20H18BrF3N2O3/c21-15-5-7-16(8-6-15)26-11-13(9-18(27)28)10-25(19(26)29)12-14-3-1-2-4-17(14)20(22,23)24/h1-8,13H,9-12H2,(H,27,28). The molecule has 154 valence electrons. The van der Waals surface area contributed by atoms with Gasteiger partial charge in [0.1, 0.15) is 0 Å². The van der Waals surface area contributed by atoms with Crippen LogP contribution in [0.1, 0.15) is 17.5 Å². The summed E-state index contributed by atoms with van der Waals surface area (Å²) < 4.78 is 40.8. The van der Waals surface area contributed by atoms with Crippen LogP contribution in [0.5, 0.6) is 0 Å². The fraction of sp³-hybridized carbons (Fsp3) is 0.300. The van der Waals surface area contributed by atoms with E-state index in [2.05, 4.69) is 15.9 Å². The molecule has 1 N–H and O–H groups in total. The van der Waals surface area contributed by atoms with Gasteiger partial charge < -0.3 is 10.0 Å². The van der Waals surface area contributed by atoms with Crippen LogP contribution in [0.25, 0.3) is 0 Å². The van der Waals surface area contributed by atoms with Gasteiger partial charge in [0.15, 0.2) is 0 Å². The van der Waals surface area contributed by atoms with Crippen molar-refractivity contribution in [3.05, 3.63) is 64.1 Å². The number of hydrogen-bond acceptors (Lipinski definition) is 2. The minimum atomic E-state index is -4.54. The molecule has 1 unspecified atom stereocenters. The second-order valence-corrected chi connectivity index (χ2v) is 7.78. The molecule has 0 saturated carbocycles. The minimum Gasteiger partial charge on any atom is -0.481 e. The lowest BCUT2D eigenvalue weighted by Gasteiger charge is -2.40. The predicted octanol–water partition coefficient (Wildman–Crippen LogP) is 5.00. The first kappa shape index (κ1) is 21.2. The first-order valence-corrected chi connectivity index (χ1v) is 9.63. The molecular formula is C20H18BrF3N2O3. The maximum Gasteiger partial charge on any atom is 0.416 e. The highest BCUT2D eigenvalue weighted by Gasteiger charge is 2.37. The Balaban J connectivity index is 1.91. The van der Waals surface area contributed by atoms with Crippen molar-refractivity contribution in [1.29, 1.82) is 0 Å². The van der Waals surface area contributed by atoms with E-state index in [-0.39, 0.29) is 31.6 Å². The summed E-state index contributed by atoms with van der Waals surface area (Å²) in [7, 11) is 0. The maximum atomic E-state index is 13.3. The summed E-state index contributed by atoms with van der Waals surface area (Å²) >= 11 is 3.31. The first-order chi connectivity index (χ1) is 13.6. The molecule has 0 aliphatic carbocycles. The highest BCUT2D eigenvalue weighted by molar-refractivity contribution is 9.10. The van der Waals surface area contributed by atoms with Crippen LogP contribution in [0, 0.1) is 5.92 Å². The van der Waals surface area contributed by atoms with Gasteiger partial charge in [-0.15, -0.1) is 0 Å². The van der Waals surface area contributed by atoms with Gasteiger partial charge >= 0.3 is 18.2 Å². The van der Waals surface area contributed by atoms with Gasteiger partial charge in [-0.3, -0.25) is 9.69 Å². The van der Waals surface area contributed by atoms with Crippen LogP contribution in [0.2, 0.25) is 0 Å². The lowest BCUT2D eigenvalue weighted by Crippen LogP contribution is -2.53. The molecule has 1 heterocycles. The van der Waals surface area contributed by atoms with E-state index < -0.39 is 29.7 Å². The average molecular weight is 471 g/mol. The molecule has 9 heteroatoms. The fourth-order valence-corrected chi connectivity index (χ4v) is 3.70. The molecule has 29 heavy (non-hydrogen) atoms. The summed E-state index contributed by atoms with van der Waals surface area (Å²) in [5.74, 6) is -1.43. The number of carboxylic acids is 1. The molecule has 2 aromatic carbocycles. The Labute approximate surface area is 173 Å². The highest BCUT2D eigenvalue weighted by atomic mass is 79.9. The number of benzene rings is 2. The van der Waals surface area contributed by atoms with Crippen molar-refractivity contribution < 1.29 is 27.9 Å². The van der Waals surface area contributed by atoms with Gasteiger partial charge in [-0.05, 0) is 35.9 Å². The molecule has 3 rings (SSSR count). The SMILES string of the molecule is O=C(O)CC1CN(Cc2ccccc2C(F)(F)F)C(=O)N(c2ccc(Br)cc2)C1. The van der Waals surface area contributed by atoms with E-state index in [9.17, 15) is 27.9 Å². The molecular weight excluding hydrogens is 453 g/mol. The van der Waals surface area contributed by atoms with Crippen LogP contribution >= 0.6 is 15.9 Å². The second-order valence-electron chi connectivity index (χ2n) is 6.87. The van der Waals surface area contributed by atoms with E-state index in [1.165, 1.54) is 28.0 Å². The average Bonchev–Trinajstić information content (AvgIpc) is 2.64. The Morgan fingerprint density at radius 1 is 1.10 bits per heavy atom. The van der Waals surface area contributed by atoms with Crippen molar-refractivity contribution in [2.45, 2.75) is 19.1 Å². The third-order valence-corrected chi connectivity index (χ3v) is 5.24. The van der Waals surface area contributed by atoms with Crippen molar-refractivity contribution in [2.75, 3.05) is 18.0 Å². The Hall–Kier alpha value is -2.55. The van der Waals surface area contributed by atoms with Crippen molar-refractivity contribution in [3.63, 3.8) is 0 Å². The molecule has 1 fully saturated rings. The third kappa shape index (κ3) is 5.09. The molecule has 1 atom stereocenters. The van der Waals surface area contributed by atoms with Gasteiger partial charge in [0, 0.05) is 35.7 Å². The molecule has 2 amide bonds. The minimum absolute atomic E-state index is 0.0277. The van der Waals surface area contributed by atoms with Gasteiger partial charge in [0.2, 0.25) is 0 Å². The number of urea groups is 1. The van der Waals surface area contributed by atoms with Gasteiger partial charge in [-0.2, -0.15) is 13.2 Å². The summed E-state index contributed by atoms with van der Waals surface area (Å²) in [4.78, 5) is 26.9. The van der Waals surface area contributed by atoms with Crippen molar-refractivity contribution in [2.24, 2.45) is 5.92 Å². The fourth-order valence-electron chi connectivity index (χ4n) is 3.44. The van der Waals surface area contributed by atoms with Crippen LogP contribution in [-0.2, 0) is 17.5 Å². The number of nitrogens with zero attached hydrogens (tertiary/aromatic N) is 2. The van der Waals surface area contributed by atoms with Crippen molar-refractivity contribution >= 4 is 33.6 Å². The second kappa shape index (κ2) is 8.44. The zero-order chi connectivity index (χ0) is 21.2. The van der Waals surface area contributed by atoms with E-state index in [1.807, 2.05) is 0 Å². The van der Waals surface area contributed by atoms with Crippen LogP contribution in [0.3, 0.4) is 0 Å². The lowest BCUT2D eigenvalue weighted by molar-refractivity contribution is -0.138. The molecule has 1 saturated heterocycles. The zero-order valence-corrected chi connectivity index (χ0v) is 16.8. The molecule has 0 bridgehead atoms. The first-order valence-electron chi connectivity index (χ1n) is 8.84. The monoisotopic (exact) mass is 470 g/mol. The van der Waals surface area contributed by atoms with Crippen LogP contribution in [-0.4, -0.2) is 35.1 Å². The molecule has 0 aromatic heterocycles. The van der Waals surface area contributed by atoms with Crippen molar-refractivity contribution in [1.82, 2.24) is 4.90 Å². The van der Waals surface area contributed by atoms with E-state index in [0.29, 0.717) is 5.69 Å². The third-order valence-electron chi connectivity index (χ3n) is 4.71. The van der Waals surface area contributed by atoms with E-state index in [1.54, 1.807) is 24.3 Å². The van der Waals surface area contributed by atoms with Crippen LogP contribution in [0.15, 0.2) is 53.0 Å². The normalized spacial score (nSPS) is 17.5. The number of carbonyl (C=O) groups is 2. The van der Waals surface area contributed by atoms with Gasteiger partial charge in [0.25, 0.3) is 0 Å². The Bertz CT molecular complexity index is 903. The molecule has 1 aliphatic heterocycles. The topological polar surface area (TPSA) is 60.9 Å². The summed E-state index contributed by atoms with van der Waals surface area (Å²) in [5, 5.41) is 9.17. The number of carbonyl (C=O) groups excluding carboxylic acids is 1. The number of aliphatic carboxylic acids is 1. The number of amides is 2. The molecule has 2 aromatic rings. The van der Waals surface area contributed by atoms with Gasteiger partial charge in [-0.1, -0.05) is 34.1 Å². The summed E-state index contributed by atoms with van der Waals surface area (Å²) in [6.07, 6.45) is -4.72. The van der Waals surface area contributed by atoms with Crippen LogP contribution < -0.4 is 4.90 Å². The van der Waals surface area contributed by atoms with E-state index >= 15 is 0 Å². The summed E-state index contributed by atoms with van der Waals surface area (Å²) in [5.41, 5.74) is -0.272. The largest absolute Gasteiger partial charge is 0.481 e. The Kier molecular flexibility index (Phi) is 6.16. The number of hydrogen-bond donors (Lipinski definition) is 1. The predicted molar refractivity (Wildman–Crippen MR) is 104 cm³/mol. The van der Waals surface area contributed by atoms with Gasteiger partial charge in [-0.25, -0.2) is 4.79 Å². The Morgan fingerprint density at radius 3 is 2.38 bits per heavy atom. The zero-order valence-electron chi connectivity index (χ0n) is 15.2. The quantitative estimate of drug-likeness (QED) is 0.668. The molecule has 0 spiro atoms. The summed E-state index contributed by atoms with van der Waals surface area (Å²) in [6.45, 7) is 0.00615. The highest BCUT2D eigenvalue weighted by Crippen LogP contribution is 2.33. The number of carboxylic acid groups (broad SMARTS) is 1. The number of rotatable bonds is 5. The number of alkyl halides is 3. The molecule has 1 aliphatic rings. The lowest BCUT2D eigenvalue weighted by atomic mass is 10.00. The Morgan fingerprint density at radius 2 is 1.76 bits per heavy atom. The van der Waals surface area contributed by atoms with Crippen molar-refractivity contribution in [3.8, 4) is 0 Å². The van der Waals surface area contributed by atoms with E-state index in [4.69, 9.17) is 0 Å². The number of anilines is 1. The molecule has 0 radical (unpaired) electrons.